The lowest BCUT2D eigenvalue weighted by atomic mass is 10.1. The Morgan fingerprint density at radius 1 is 1.00 bits per heavy atom. The minimum atomic E-state index is 0.114. The van der Waals surface area contributed by atoms with Gasteiger partial charge in [-0.3, -0.25) is 4.79 Å². The Balaban J connectivity index is 1.60. The summed E-state index contributed by atoms with van der Waals surface area (Å²) < 4.78 is 5.72. The van der Waals surface area contributed by atoms with Gasteiger partial charge in [0.05, 0.1) is 11.6 Å². The molecule has 2 aromatic rings. The van der Waals surface area contributed by atoms with Crippen molar-refractivity contribution in [1.29, 1.82) is 5.26 Å². The maximum atomic E-state index is 12.1. The van der Waals surface area contributed by atoms with E-state index in [2.05, 4.69) is 11.4 Å². The normalized spacial score (nSPS) is 14.2. The van der Waals surface area contributed by atoms with Crippen LogP contribution in [0.5, 0.6) is 11.5 Å². The summed E-state index contributed by atoms with van der Waals surface area (Å²) in [6.07, 6.45) is 4.28. The summed E-state index contributed by atoms with van der Waals surface area (Å²) in [4.78, 5) is 12.1. The van der Waals surface area contributed by atoms with E-state index in [9.17, 15) is 4.79 Å². The molecule has 0 spiro atoms. The fraction of sp³-hybridized carbons (Fsp3) is 0.263. The zero-order chi connectivity index (χ0) is 16.1. The number of benzene rings is 2. The van der Waals surface area contributed by atoms with Gasteiger partial charge in [-0.05, 0) is 61.4 Å². The highest BCUT2D eigenvalue weighted by Crippen LogP contribution is 2.27. The molecule has 0 saturated heterocycles. The third kappa shape index (κ3) is 3.89. The van der Waals surface area contributed by atoms with Crippen molar-refractivity contribution in [2.45, 2.75) is 25.7 Å². The molecule has 0 radical (unpaired) electrons. The molecule has 4 nitrogen and oxygen atoms in total. The Bertz CT molecular complexity index is 709. The van der Waals surface area contributed by atoms with E-state index in [1.165, 1.54) is 0 Å². The standard InChI is InChI=1S/C19H18N2O2/c20-13-14-5-9-17(10-6-14)23-18-11-7-16(8-12-18)21-19(22)15-3-1-2-4-15/h5-12,15H,1-4H2,(H,21,22). The monoisotopic (exact) mass is 306 g/mol. The van der Waals surface area contributed by atoms with Gasteiger partial charge in [0.2, 0.25) is 5.91 Å². The average Bonchev–Trinajstić information content (AvgIpc) is 3.12. The molecule has 4 heteroatoms. The van der Waals surface area contributed by atoms with Gasteiger partial charge in [-0.25, -0.2) is 0 Å². The van der Waals surface area contributed by atoms with Gasteiger partial charge in [0.15, 0.2) is 0 Å². The maximum absolute atomic E-state index is 12.1. The van der Waals surface area contributed by atoms with E-state index in [-0.39, 0.29) is 11.8 Å². The molecule has 1 amide bonds. The third-order valence-corrected chi connectivity index (χ3v) is 4.07. The minimum absolute atomic E-state index is 0.114. The third-order valence-electron chi connectivity index (χ3n) is 4.07. The fourth-order valence-corrected chi connectivity index (χ4v) is 2.77. The van der Waals surface area contributed by atoms with E-state index in [0.29, 0.717) is 17.1 Å². The fourth-order valence-electron chi connectivity index (χ4n) is 2.77. The van der Waals surface area contributed by atoms with Gasteiger partial charge in [0.1, 0.15) is 11.5 Å². The molecule has 1 fully saturated rings. The second-order valence-corrected chi connectivity index (χ2v) is 5.73. The van der Waals surface area contributed by atoms with Crippen LogP contribution in [-0.2, 0) is 4.79 Å². The Hall–Kier alpha value is -2.80. The Morgan fingerprint density at radius 2 is 1.57 bits per heavy atom. The number of anilines is 1. The van der Waals surface area contributed by atoms with E-state index in [0.717, 1.165) is 31.4 Å². The zero-order valence-electron chi connectivity index (χ0n) is 12.8. The maximum Gasteiger partial charge on any atom is 0.227 e. The molecule has 0 heterocycles. The van der Waals surface area contributed by atoms with E-state index >= 15 is 0 Å². The highest BCUT2D eigenvalue weighted by Gasteiger charge is 2.22. The number of hydrogen-bond donors (Lipinski definition) is 1. The van der Waals surface area contributed by atoms with Gasteiger partial charge >= 0.3 is 0 Å². The number of nitrogens with one attached hydrogen (secondary N) is 1. The molecule has 1 aliphatic carbocycles. The first-order valence-corrected chi connectivity index (χ1v) is 7.83. The topological polar surface area (TPSA) is 62.1 Å². The summed E-state index contributed by atoms with van der Waals surface area (Å²) in [5.41, 5.74) is 1.39. The van der Waals surface area contributed by atoms with Crippen LogP contribution in [0.25, 0.3) is 0 Å². The molecule has 1 N–H and O–H groups in total. The number of ether oxygens (including phenoxy) is 1. The van der Waals surface area contributed by atoms with Gasteiger partial charge in [0, 0.05) is 11.6 Å². The predicted octanol–water partition coefficient (Wildman–Crippen LogP) is 4.48. The van der Waals surface area contributed by atoms with Crippen molar-refractivity contribution in [2.75, 3.05) is 5.32 Å². The highest BCUT2D eigenvalue weighted by atomic mass is 16.5. The molecule has 0 bridgehead atoms. The predicted molar refractivity (Wildman–Crippen MR) is 88.3 cm³/mol. The minimum Gasteiger partial charge on any atom is -0.457 e. The van der Waals surface area contributed by atoms with Crippen molar-refractivity contribution >= 4 is 11.6 Å². The molecular weight excluding hydrogens is 288 g/mol. The second kappa shape index (κ2) is 6.97. The average molecular weight is 306 g/mol. The lowest BCUT2D eigenvalue weighted by molar-refractivity contribution is -0.119. The quantitative estimate of drug-likeness (QED) is 0.906. The molecule has 0 aliphatic heterocycles. The van der Waals surface area contributed by atoms with Crippen LogP contribution in [0.1, 0.15) is 31.2 Å². The SMILES string of the molecule is N#Cc1ccc(Oc2ccc(NC(=O)C3CCCC3)cc2)cc1. The Kier molecular flexibility index (Phi) is 4.58. The van der Waals surface area contributed by atoms with Crippen molar-refractivity contribution < 1.29 is 9.53 Å². The molecule has 1 aliphatic rings. The first-order chi connectivity index (χ1) is 11.2. The van der Waals surface area contributed by atoms with Crippen molar-refractivity contribution in [3.8, 4) is 17.6 Å². The molecular formula is C19H18N2O2. The largest absolute Gasteiger partial charge is 0.457 e. The van der Waals surface area contributed by atoms with Gasteiger partial charge in [-0.1, -0.05) is 12.8 Å². The van der Waals surface area contributed by atoms with Crippen LogP contribution < -0.4 is 10.1 Å². The van der Waals surface area contributed by atoms with Crippen molar-refractivity contribution in [1.82, 2.24) is 0 Å². The van der Waals surface area contributed by atoms with Gasteiger partial charge in [-0.2, -0.15) is 5.26 Å². The number of carbonyl (C=O) groups excluding carboxylic acids is 1. The van der Waals surface area contributed by atoms with Crippen LogP contribution in [0.3, 0.4) is 0 Å². The summed E-state index contributed by atoms with van der Waals surface area (Å²) in [5, 5.41) is 11.7. The van der Waals surface area contributed by atoms with E-state index in [4.69, 9.17) is 10.00 Å². The molecule has 3 rings (SSSR count). The molecule has 116 valence electrons. The zero-order valence-corrected chi connectivity index (χ0v) is 12.8. The number of nitrogens with zero attached hydrogens (tertiary/aromatic N) is 1. The summed E-state index contributed by atoms with van der Waals surface area (Å²) in [6, 6.07) is 16.3. The summed E-state index contributed by atoms with van der Waals surface area (Å²) in [7, 11) is 0. The van der Waals surface area contributed by atoms with E-state index in [1.807, 2.05) is 24.3 Å². The molecule has 2 aromatic carbocycles. The molecule has 0 aromatic heterocycles. The summed E-state index contributed by atoms with van der Waals surface area (Å²) in [6.45, 7) is 0. The second-order valence-electron chi connectivity index (χ2n) is 5.73. The van der Waals surface area contributed by atoms with Crippen molar-refractivity contribution in [2.24, 2.45) is 5.92 Å². The van der Waals surface area contributed by atoms with Crippen molar-refractivity contribution in [3.63, 3.8) is 0 Å². The molecule has 23 heavy (non-hydrogen) atoms. The molecule has 0 unspecified atom stereocenters. The lowest BCUT2D eigenvalue weighted by Gasteiger charge is -2.11. The number of carbonyl (C=O) groups is 1. The number of hydrogen-bond acceptors (Lipinski definition) is 3. The number of amides is 1. The van der Waals surface area contributed by atoms with Gasteiger partial charge in [-0.15, -0.1) is 0 Å². The Morgan fingerprint density at radius 3 is 2.13 bits per heavy atom. The van der Waals surface area contributed by atoms with E-state index in [1.54, 1.807) is 24.3 Å². The summed E-state index contributed by atoms with van der Waals surface area (Å²) >= 11 is 0. The van der Waals surface area contributed by atoms with Crippen LogP contribution in [0, 0.1) is 17.2 Å². The van der Waals surface area contributed by atoms with Crippen LogP contribution in [0.15, 0.2) is 48.5 Å². The first-order valence-electron chi connectivity index (χ1n) is 7.83. The van der Waals surface area contributed by atoms with Crippen LogP contribution in [0.4, 0.5) is 5.69 Å². The first kappa shape index (κ1) is 15.1. The van der Waals surface area contributed by atoms with Crippen LogP contribution >= 0.6 is 0 Å². The van der Waals surface area contributed by atoms with Crippen LogP contribution in [-0.4, -0.2) is 5.91 Å². The van der Waals surface area contributed by atoms with Crippen molar-refractivity contribution in [3.05, 3.63) is 54.1 Å². The number of rotatable bonds is 4. The smallest absolute Gasteiger partial charge is 0.227 e. The highest BCUT2D eigenvalue weighted by molar-refractivity contribution is 5.92. The molecule has 0 atom stereocenters. The lowest BCUT2D eigenvalue weighted by Crippen LogP contribution is -2.20. The van der Waals surface area contributed by atoms with Gasteiger partial charge < -0.3 is 10.1 Å². The Labute approximate surface area is 135 Å². The van der Waals surface area contributed by atoms with Gasteiger partial charge in [0.25, 0.3) is 0 Å². The van der Waals surface area contributed by atoms with E-state index < -0.39 is 0 Å². The molecule has 1 saturated carbocycles. The number of nitriles is 1. The summed E-state index contributed by atoms with van der Waals surface area (Å²) in [5.74, 6) is 1.63. The van der Waals surface area contributed by atoms with Crippen LogP contribution in [0.2, 0.25) is 0 Å².